The first-order chi connectivity index (χ1) is 9.87. The molecule has 0 amide bonds. The zero-order valence-corrected chi connectivity index (χ0v) is 12.4. The highest BCUT2D eigenvalue weighted by Crippen LogP contribution is 2.31. The fraction of sp³-hybridized carbons (Fsp3) is 0.143. The van der Waals surface area contributed by atoms with Crippen molar-refractivity contribution in [3.8, 4) is 5.75 Å². The summed E-state index contributed by atoms with van der Waals surface area (Å²) in [5, 5.41) is 0. The van der Waals surface area contributed by atoms with Crippen molar-refractivity contribution in [1.82, 2.24) is 0 Å². The number of halogens is 1. The van der Waals surface area contributed by atoms with E-state index in [-0.39, 0.29) is 5.69 Å². The third kappa shape index (κ3) is 2.78. The number of methoxy groups -OCH3 is 1. The van der Waals surface area contributed by atoms with Crippen LogP contribution in [-0.2, 0) is 10.0 Å². The average Bonchev–Trinajstić information content (AvgIpc) is 2.48. The lowest BCUT2D eigenvalue weighted by Crippen LogP contribution is -2.27. The van der Waals surface area contributed by atoms with Gasteiger partial charge in [0.1, 0.15) is 16.5 Å². The van der Waals surface area contributed by atoms with Gasteiger partial charge in [0, 0.05) is 12.7 Å². The minimum absolute atomic E-state index is 0.170. The normalized spacial score (nSPS) is 11.2. The van der Waals surface area contributed by atoms with Crippen molar-refractivity contribution in [1.29, 1.82) is 0 Å². The molecule has 0 bridgehead atoms. The Bertz CT molecular complexity index is 763. The molecular formula is C14H15FN2O3S. The van der Waals surface area contributed by atoms with Gasteiger partial charge < -0.3 is 10.5 Å². The van der Waals surface area contributed by atoms with E-state index in [1.807, 2.05) is 0 Å². The molecule has 112 valence electrons. The molecule has 0 unspecified atom stereocenters. The van der Waals surface area contributed by atoms with Crippen LogP contribution in [0.15, 0.2) is 47.4 Å². The lowest BCUT2D eigenvalue weighted by molar-refractivity contribution is 0.416. The summed E-state index contributed by atoms with van der Waals surface area (Å²) in [6.45, 7) is 0. The van der Waals surface area contributed by atoms with Crippen LogP contribution in [0.2, 0.25) is 0 Å². The van der Waals surface area contributed by atoms with Gasteiger partial charge in [0.15, 0.2) is 0 Å². The van der Waals surface area contributed by atoms with E-state index in [2.05, 4.69) is 0 Å². The van der Waals surface area contributed by atoms with E-state index in [1.54, 1.807) is 24.3 Å². The summed E-state index contributed by atoms with van der Waals surface area (Å²) in [7, 11) is -1.32. The standard InChI is InChI=1S/C14H15FN2O3S/c1-17(12-5-3-4-6-13(12)20-2)21(18,19)14-9-10(16)7-8-11(14)15/h3-9H,16H2,1-2H3. The third-order valence-corrected chi connectivity index (χ3v) is 4.80. The molecule has 0 saturated carbocycles. The molecule has 0 atom stereocenters. The molecule has 2 aromatic rings. The molecular weight excluding hydrogens is 295 g/mol. The second-order valence-corrected chi connectivity index (χ2v) is 6.27. The monoisotopic (exact) mass is 310 g/mol. The lowest BCUT2D eigenvalue weighted by Gasteiger charge is -2.22. The molecule has 0 spiro atoms. The number of sulfonamides is 1. The molecule has 0 saturated heterocycles. The molecule has 2 aromatic carbocycles. The van der Waals surface area contributed by atoms with E-state index >= 15 is 0 Å². The van der Waals surface area contributed by atoms with Crippen molar-refractivity contribution in [2.24, 2.45) is 0 Å². The van der Waals surface area contributed by atoms with Crippen LogP contribution >= 0.6 is 0 Å². The van der Waals surface area contributed by atoms with Gasteiger partial charge in [-0.2, -0.15) is 0 Å². The van der Waals surface area contributed by atoms with E-state index < -0.39 is 20.7 Å². The molecule has 0 aliphatic heterocycles. The van der Waals surface area contributed by atoms with Crippen molar-refractivity contribution < 1.29 is 17.5 Å². The largest absolute Gasteiger partial charge is 0.495 e. The molecule has 0 fully saturated rings. The molecule has 0 aromatic heterocycles. The summed E-state index contributed by atoms with van der Waals surface area (Å²) in [6, 6.07) is 9.99. The van der Waals surface area contributed by atoms with Crippen LogP contribution in [0, 0.1) is 5.82 Å². The van der Waals surface area contributed by atoms with E-state index in [4.69, 9.17) is 10.5 Å². The van der Waals surface area contributed by atoms with Crippen LogP contribution in [0.4, 0.5) is 15.8 Å². The van der Waals surface area contributed by atoms with Gasteiger partial charge in [0.2, 0.25) is 0 Å². The Morgan fingerprint density at radius 1 is 1.19 bits per heavy atom. The number of hydrogen-bond donors (Lipinski definition) is 1. The number of nitrogens with two attached hydrogens (primary N) is 1. The SMILES string of the molecule is COc1ccccc1N(C)S(=O)(=O)c1cc(N)ccc1F. The molecule has 5 nitrogen and oxygen atoms in total. The van der Waals surface area contributed by atoms with Gasteiger partial charge in [-0.1, -0.05) is 12.1 Å². The number of ether oxygens (including phenoxy) is 1. The van der Waals surface area contributed by atoms with E-state index in [0.717, 1.165) is 16.4 Å². The maximum atomic E-state index is 13.8. The van der Waals surface area contributed by atoms with Crippen LogP contribution < -0.4 is 14.8 Å². The molecule has 21 heavy (non-hydrogen) atoms. The Morgan fingerprint density at radius 3 is 2.52 bits per heavy atom. The number of benzene rings is 2. The minimum Gasteiger partial charge on any atom is -0.495 e. The molecule has 0 aliphatic carbocycles. The first-order valence-corrected chi connectivity index (χ1v) is 7.49. The fourth-order valence-electron chi connectivity index (χ4n) is 1.88. The zero-order valence-electron chi connectivity index (χ0n) is 11.6. The van der Waals surface area contributed by atoms with Gasteiger partial charge in [-0.05, 0) is 30.3 Å². The number of nitrogens with zero attached hydrogens (tertiary/aromatic N) is 1. The maximum Gasteiger partial charge on any atom is 0.267 e. The van der Waals surface area contributed by atoms with Crippen LogP contribution in [0.25, 0.3) is 0 Å². The Morgan fingerprint density at radius 2 is 1.86 bits per heavy atom. The molecule has 0 heterocycles. The van der Waals surface area contributed by atoms with Crippen molar-refractivity contribution in [3.05, 3.63) is 48.3 Å². The van der Waals surface area contributed by atoms with Crippen LogP contribution in [0.1, 0.15) is 0 Å². The molecule has 2 rings (SSSR count). The van der Waals surface area contributed by atoms with Gasteiger partial charge in [0.05, 0.1) is 12.8 Å². The summed E-state index contributed by atoms with van der Waals surface area (Å²) in [6.07, 6.45) is 0. The predicted molar refractivity (Wildman–Crippen MR) is 79.4 cm³/mol. The minimum atomic E-state index is -4.08. The van der Waals surface area contributed by atoms with Crippen molar-refractivity contribution in [2.75, 3.05) is 24.2 Å². The molecule has 0 aliphatic rings. The summed E-state index contributed by atoms with van der Waals surface area (Å²) < 4.78 is 45.0. The summed E-state index contributed by atoms with van der Waals surface area (Å²) in [4.78, 5) is -0.476. The number of nitrogen functional groups attached to an aromatic ring is 1. The second-order valence-electron chi connectivity index (χ2n) is 4.33. The molecule has 7 heteroatoms. The van der Waals surface area contributed by atoms with E-state index in [9.17, 15) is 12.8 Å². The van der Waals surface area contributed by atoms with Crippen LogP contribution in [-0.4, -0.2) is 22.6 Å². The predicted octanol–water partition coefficient (Wildman–Crippen LogP) is 2.24. The second kappa shape index (κ2) is 5.61. The topological polar surface area (TPSA) is 72.6 Å². The Hall–Kier alpha value is -2.28. The first-order valence-electron chi connectivity index (χ1n) is 6.05. The smallest absolute Gasteiger partial charge is 0.267 e. The number of para-hydroxylation sites is 2. The maximum absolute atomic E-state index is 13.8. The Balaban J connectivity index is 2.55. The first kappa shape index (κ1) is 15.1. The Labute approximate surface area is 122 Å². The highest BCUT2D eigenvalue weighted by molar-refractivity contribution is 7.92. The van der Waals surface area contributed by atoms with Gasteiger partial charge in [-0.3, -0.25) is 4.31 Å². The molecule has 2 N–H and O–H groups in total. The van der Waals surface area contributed by atoms with Crippen molar-refractivity contribution in [2.45, 2.75) is 4.90 Å². The lowest BCUT2D eigenvalue weighted by atomic mass is 10.3. The zero-order chi connectivity index (χ0) is 15.6. The average molecular weight is 310 g/mol. The summed E-state index contributed by atoms with van der Waals surface area (Å²) in [5.41, 5.74) is 6.02. The third-order valence-electron chi connectivity index (χ3n) is 3.02. The number of hydrogen-bond acceptors (Lipinski definition) is 4. The summed E-state index contributed by atoms with van der Waals surface area (Å²) >= 11 is 0. The highest BCUT2D eigenvalue weighted by Gasteiger charge is 2.26. The van der Waals surface area contributed by atoms with Gasteiger partial charge in [-0.25, -0.2) is 12.8 Å². The van der Waals surface area contributed by atoms with Gasteiger partial charge >= 0.3 is 0 Å². The van der Waals surface area contributed by atoms with Crippen LogP contribution in [0.3, 0.4) is 0 Å². The number of rotatable bonds is 4. The Kier molecular flexibility index (Phi) is 4.04. The van der Waals surface area contributed by atoms with Gasteiger partial charge in [-0.15, -0.1) is 0 Å². The quantitative estimate of drug-likeness (QED) is 0.879. The van der Waals surface area contributed by atoms with Crippen LogP contribution in [0.5, 0.6) is 5.75 Å². The fourth-order valence-corrected chi connectivity index (χ4v) is 3.19. The molecule has 0 radical (unpaired) electrons. The highest BCUT2D eigenvalue weighted by atomic mass is 32.2. The summed E-state index contributed by atoms with van der Waals surface area (Å²) in [5.74, 6) is -0.487. The van der Waals surface area contributed by atoms with Crippen molar-refractivity contribution >= 4 is 21.4 Å². The van der Waals surface area contributed by atoms with Gasteiger partial charge in [0.25, 0.3) is 10.0 Å². The van der Waals surface area contributed by atoms with E-state index in [1.165, 1.54) is 20.2 Å². The van der Waals surface area contributed by atoms with E-state index in [0.29, 0.717) is 11.4 Å². The van der Waals surface area contributed by atoms with Crippen molar-refractivity contribution in [3.63, 3.8) is 0 Å². The number of anilines is 2.